The van der Waals surface area contributed by atoms with Gasteiger partial charge in [0.15, 0.2) is 11.6 Å². The summed E-state index contributed by atoms with van der Waals surface area (Å²) in [5.41, 5.74) is 9.92. The van der Waals surface area contributed by atoms with Crippen molar-refractivity contribution in [2.24, 2.45) is 0 Å². The van der Waals surface area contributed by atoms with Crippen molar-refractivity contribution in [1.82, 2.24) is 14.8 Å². The fourth-order valence-corrected chi connectivity index (χ4v) is 7.73. The number of anilines is 1. The standard InChI is InChI=1S/C46H34N4O/c1-3-12-31(13-4-1)32-24-22-30(23-25-32)29-50-46(34-15-5-2-6-16-34)48-45(49-50)36-18-11-17-35(28-36)42-44-41(38-20-9-10-21-40(38)51-44)39-27-26-33-14-7-8-19-37(33)43(39)47-42/h1-12,14-28,31,42,47H,13,29H2. The van der Waals surface area contributed by atoms with Gasteiger partial charge in [-0.1, -0.05) is 152 Å². The van der Waals surface area contributed by atoms with Crippen molar-refractivity contribution in [3.05, 3.63) is 186 Å². The van der Waals surface area contributed by atoms with Crippen LogP contribution in [0.2, 0.25) is 0 Å². The third-order valence-corrected chi connectivity index (χ3v) is 10.3. The molecule has 1 aliphatic carbocycles. The van der Waals surface area contributed by atoms with Gasteiger partial charge < -0.3 is 9.73 Å². The van der Waals surface area contributed by atoms with Gasteiger partial charge in [-0.2, -0.15) is 5.10 Å². The number of nitrogens with zero attached hydrogens (tertiary/aromatic N) is 3. The van der Waals surface area contributed by atoms with E-state index in [4.69, 9.17) is 14.5 Å². The number of rotatable bonds is 6. The first-order chi connectivity index (χ1) is 25.3. The summed E-state index contributed by atoms with van der Waals surface area (Å²) >= 11 is 0. The predicted molar refractivity (Wildman–Crippen MR) is 207 cm³/mol. The minimum Gasteiger partial charge on any atom is -0.458 e. The zero-order chi connectivity index (χ0) is 33.7. The summed E-state index contributed by atoms with van der Waals surface area (Å²) in [6, 6.07) is 49.0. The van der Waals surface area contributed by atoms with Gasteiger partial charge in [-0.25, -0.2) is 9.67 Å². The molecule has 2 unspecified atom stereocenters. The van der Waals surface area contributed by atoms with Crippen LogP contribution in [-0.2, 0) is 6.54 Å². The number of hydrogen-bond acceptors (Lipinski definition) is 4. The SMILES string of the molecule is C1=CCC(c2ccc(Cn3nc(-c4cccc(C5Nc6c(ccc7ccccc67)-c6c5oc5ccccc65)c4)nc3-c3ccccc3)cc2)C=C1. The Morgan fingerprint density at radius 3 is 2.37 bits per heavy atom. The summed E-state index contributed by atoms with van der Waals surface area (Å²) in [5, 5.41) is 12.6. The molecule has 2 atom stereocenters. The Morgan fingerprint density at radius 2 is 1.51 bits per heavy atom. The van der Waals surface area contributed by atoms with Gasteiger partial charge in [-0.15, -0.1) is 0 Å². The van der Waals surface area contributed by atoms with Gasteiger partial charge in [-0.05, 0) is 40.6 Å². The number of furan rings is 1. The summed E-state index contributed by atoms with van der Waals surface area (Å²) in [5.74, 6) is 2.88. The van der Waals surface area contributed by atoms with Crippen LogP contribution in [0.3, 0.4) is 0 Å². The normalized spacial score (nSPS) is 16.2. The molecule has 0 saturated carbocycles. The van der Waals surface area contributed by atoms with Gasteiger partial charge in [0.1, 0.15) is 17.4 Å². The summed E-state index contributed by atoms with van der Waals surface area (Å²) in [4.78, 5) is 5.17. The van der Waals surface area contributed by atoms with Gasteiger partial charge in [-0.3, -0.25) is 0 Å². The van der Waals surface area contributed by atoms with Crippen LogP contribution < -0.4 is 5.32 Å². The number of hydrogen-bond donors (Lipinski definition) is 1. The molecule has 0 bridgehead atoms. The van der Waals surface area contributed by atoms with Gasteiger partial charge in [0, 0.05) is 38.9 Å². The maximum atomic E-state index is 6.66. The first-order valence-electron chi connectivity index (χ1n) is 17.6. The summed E-state index contributed by atoms with van der Waals surface area (Å²) in [6.07, 6.45) is 9.81. The van der Waals surface area contributed by atoms with Crippen LogP contribution in [0.4, 0.5) is 5.69 Å². The Labute approximate surface area is 296 Å². The van der Waals surface area contributed by atoms with Crippen molar-refractivity contribution < 1.29 is 4.42 Å². The molecule has 244 valence electrons. The van der Waals surface area contributed by atoms with Crippen molar-refractivity contribution in [2.75, 3.05) is 5.32 Å². The van der Waals surface area contributed by atoms with E-state index in [9.17, 15) is 0 Å². The Balaban J connectivity index is 1.05. The lowest BCUT2D eigenvalue weighted by Crippen LogP contribution is -2.17. The van der Waals surface area contributed by atoms with Crippen LogP contribution in [0.1, 0.15) is 40.8 Å². The van der Waals surface area contributed by atoms with Crippen LogP contribution >= 0.6 is 0 Å². The third-order valence-electron chi connectivity index (χ3n) is 10.3. The molecule has 1 N–H and O–H groups in total. The minimum atomic E-state index is -0.200. The first-order valence-corrected chi connectivity index (χ1v) is 17.6. The lowest BCUT2D eigenvalue weighted by atomic mass is 9.88. The van der Waals surface area contributed by atoms with Gasteiger partial charge in [0.25, 0.3) is 0 Å². The van der Waals surface area contributed by atoms with Crippen LogP contribution in [0.15, 0.2) is 168 Å². The van der Waals surface area contributed by atoms with Crippen molar-refractivity contribution in [1.29, 1.82) is 0 Å². The van der Waals surface area contributed by atoms with E-state index in [0.29, 0.717) is 18.3 Å². The Bertz CT molecular complexity index is 2630. The number of fused-ring (bicyclic) bond motifs is 7. The molecule has 2 aromatic heterocycles. The van der Waals surface area contributed by atoms with E-state index in [1.165, 1.54) is 21.9 Å². The number of nitrogens with one attached hydrogen (secondary N) is 1. The molecular weight excluding hydrogens is 625 g/mol. The zero-order valence-corrected chi connectivity index (χ0v) is 27.9. The van der Waals surface area contributed by atoms with Crippen molar-refractivity contribution in [3.63, 3.8) is 0 Å². The van der Waals surface area contributed by atoms with Crippen LogP contribution in [0.25, 0.3) is 55.6 Å². The van der Waals surface area contributed by atoms with Crippen LogP contribution in [-0.4, -0.2) is 14.8 Å². The number of benzene rings is 6. The minimum absolute atomic E-state index is 0.200. The molecule has 5 nitrogen and oxygen atoms in total. The predicted octanol–water partition coefficient (Wildman–Crippen LogP) is 11.3. The number of aromatic nitrogens is 3. The van der Waals surface area contributed by atoms with Crippen LogP contribution in [0, 0.1) is 0 Å². The molecule has 5 heteroatoms. The van der Waals surface area contributed by atoms with Gasteiger partial charge in [0.05, 0.1) is 12.2 Å². The molecule has 8 aromatic rings. The lowest BCUT2D eigenvalue weighted by molar-refractivity contribution is 0.536. The third kappa shape index (κ3) is 5.17. The van der Waals surface area contributed by atoms with E-state index in [0.717, 1.165) is 62.5 Å². The smallest absolute Gasteiger partial charge is 0.181 e. The second-order valence-corrected chi connectivity index (χ2v) is 13.4. The highest BCUT2D eigenvalue weighted by Gasteiger charge is 2.32. The van der Waals surface area contributed by atoms with Crippen molar-refractivity contribution in [2.45, 2.75) is 24.9 Å². The molecule has 1 aliphatic heterocycles. The maximum absolute atomic E-state index is 6.66. The molecule has 6 aromatic carbocycles. The second-order valence-electron chi connectivity index (χ2n) is 13.4. The van der Waals surface area contributed by atoms with E-state index in [1.807, 2.05) is 16.8 Å². The average molecular weight is 659 g/mol. The Hall–Kier alpha value is -6.46. The van der Waals surface area contributed by atoms with E-state index in [2.05, 4.69) is 157 Å². The average Bonchev–Trinajstić information content (AvgIpc) is 3.81. The summed E-state index contributed by atoms with van der Waals surface area (Å²) in [7, 11) is 0. The first kappa shape index (κ1) is 29.5. The summed E-state index contributed by atoms with van der Waals surface area (Å²) in [6.45, 7) is 0.619. The highest BCUT2D eigenvalue weighted by atomic mass is 16.3. The Morgan fingerprint density at radius 1 is 0.706 bits per heavy atom. The van der Waals surface area contributed by atoms with Crippen molar-refractivity contribution >= 4 is 27.4 Å². The fourth-order valence-electron chi connectivity index (χ4n) is 7.73. The van der Waals surface area contributed by atoms with Crippen LogP contribution in [0.5, 0.6) is 0 Å². The molecule has 0 radical (unpaired) electrons. The topological polar surface area (TPSA) is 55.9 Å². The molecule has 0 spiro atoms. The highest BCUT2D eigenvalue weighted by Crippen LogP contribution is 2.50. The monoisotopic (exact) mass is 658 g/mol. The zero-order valence-electron chi connectivity index (χ0n) is 27.9. The molecule has 3 heterocycles. The molecule has 0 fully saturated rings. The molecule has 0 saturated heterocycles. The molecule has 0 amide bonds. The molecule has 2 aliphatic rings. The Kier molecular flexibility index (Phi) is 7.02. The van der Waals surface area contributed by atoms with Crippen molar-refractivity contribution in [3.8, 4) is 33.9 Å². The quantitative estimate of drug-likeness (QED) is 0.193. The van der Waals surface area contributed by atoms with Gasteiger partial charge in [0.2, 0.25) is 0 Å². The molecule has 51 heavy (non-hydrogen) atoms. The number of para-hydroxylation sites is 1. The maximum Gasteiger partial charge on any atom is 0.181 e. The second kappa shape index (κ2) is 12.1. The lowest BCUT2D eigenvalue weighted by Gasteiger charge is -2.28. The summed E-state index contributed by atoms with van der Waals surface area (Å²) < 4.78 is 8.70. The van der Waals surface area contributed by atoms with E-state index in [-0.39, 0.29) is 6.04 Å². The van der Waals surface area contributed by atoms with E-state index in [1.54, 1.807) is 0 Å². The van der Waals surface area contributed by atoms with Gasteiger partial charge >= 0.3 is 0 Å². The largest absolute Gasteiger partial charge is 0.458 e. The molecule has 10 rings (SSSR count). The molecular formula is C46H34N4O. The number of allylic oxidation sites excluding steroid dienone is 4. The fraction of sp³-hybridized carbons (Fsp3) is 0.0870. The van der Waals surface area contributed by atoms with E-state index < -0.39 is 0 Å². The highest BCUT2D eigenvalue weighted by molar-refractivity contribution is 6.09. The van der Waals surface area contributed by atoms with E-state index >= 15 is 0 Å².